The van der Waals surface area contributed by atoms with E-state index in [9.17, 15) is 9.90 Å². The van der Waals surface area contributed by atoms with Crippen LogP contribution in [-0.2, 0) is 13.0 Å². The van der Waals surface area contributed by atoms with Crippen LogP contribution in [0.5, 0.6) is 5.88 Å². The molecule has 4 nitrogen and oxygen atoms in total. The summed E-state index contributed by atoms with van der Waals surface area (Å²) in [5.41, 5.74) is 0.0881. The molecule has 0 amide bonds. The topological polar surface area (TPSA) is 58.0 Å². The average Bonchev–Trinajstić information content (AvgIpc) is 2.04. The Morgan fingerprint density at radius 2 is 2.15 bits per heavy atom. The lowest BCUT2D eigenvalue weighted by atomic mass is 10.2. The van der Waals surface area contributed by atoms with E-state index in [-0.39, 0.29) is 16.2 Å². The zero-order valence-electron chi connectivity index (χ0n) is 7.63. The lowest BCUT2D eigenvalue weighted by Crippen LogP contribution is -2.17. The van der Waals surface area contributed by atoms with Crippen LogP contribution in [0.2, 0.25) is 0 Å². The average molecular weight is 200 g/mol. The molecule has 1 heterocycles. The summed E-state index contributed by atoms with van der Waals surface area (Å²) >= 11 is 4.88. The number of rotatable bonds is 2. The second-order valence-electron chi connectivity index (χ2n) is 2.66. The predicted octanol–water partition coefficient (Wildman–Crippen LogP) is 1.19. The predicted molar refractivity (Wildman–Crippen MR) is 52.6 cm³/mol. The molecule has 0 saturated carbocycles. The highest BCUT2D eigenvalue weighted by Gasteiger charge is 2.08. The van der Waals surface area contributed by atoms with Gasteiger partial charge >= 0.3 is 0 Å². The first-order valence-corrected chi connectivity index (χ1v) is 4.57. The van der Waals surface area contributed by atoms with Crippen LogP contribution >= 0.6 is 12.2 Å². The van der Waals surface area contributed by atoms with Gasteiger partial charge in [0.05, 0.1) is 5.56 Å². The van der Waals surface area contributed by atoms with Crippen LogP contribution in [0.15, 0.2) is 4.79 Å². The molecule has 0 atom stereocenters. The van der Waals surface area contributed by atoms with Gasteiger partial charge in [0.2, 0.25) is 5.88 Å². The second kappa shape index (κ2) is 3.74. The van der Waals surface area contributed by atoms with Crippen molar-refractivity contribution in [2.75, 3.05) is 0 Å². The fraction of sp³-hybridized carbons (Fsp3) is 0.500. The maximum absolute atomic E-state index is 11.3. The lowest BCUT2D eigenvalue weighted by molar-refractivity contribution is 0.402. The van der Waals surface area contributed by atoms with E-state index in [1.165, 1.54) is 4.57 Å². The van der Waals surface area contributed by atoms with Gasteiger partial charge in [-0.15, -0.1) is 0 Å². The summed E-state index contributed by atoms with van der Waals surface area (Å²) in [6, 6.07) is 0. The van der Waals surface area contributed by atoms with Gasteiger partial charge in [-0.05, 0) is 25.6 Å². The van der Waals surface area contributed by atoms with Gasteiger partial charge in [-0.25, -0.2) is 0 Å². The summed E-state index contributed by atoms with van der Waals surface area (Å²) in [5.74, 6) is -0.0150. The Kier molecular flexibility index (Phi) is 2.87. The highest BCUT2D eigenvalue weighted by molar-refractivity contribution is 7.71. The van der Waals surface area contributed by atoms with Crippen LogP contribution in [0.1, 0.15) is 19.4 Å². The highest BCUT2D eigenvalue weighted by Crippen LogP contribution is 2.12. The van der Waals surface area contributed by atoms with Crippen molar-refractivity contribution in [3.8, 4) is 5.88 Å². The number of aromatic amines is 1. The largest absolute Gasteiger partial charge is 0.494 e. The van der Waals surface area contributed by atoms with E-state index in [0.717, 1.165) is 0 Å². The first kappa shape index (κ1) is 9.98. The van der Waals surface area contributed by atoms with Gasteiger partial charge in [0.15, 0.2) is 4.77 Å². The quantitative estimate of drug-likeness (QED) is 0.705. The number of nitrogens with one attached hydrogen (secondary N) is 1. The molecule has 5 heteroatoms. The summed E-state index contributed by atoms with van der Waals surface area (Å²) in [6.07, 6.45) is 0.497. The van der Waals surface area contributed by atoms with Crippen LogP contribution in [0.25, 0.3) is 0 Å². The minimum absolute atomic E-state index is 0.0150. The Labute approximate surface area is 80.9 Å². The molecule has 0 aliphatic heterocycles. The number of aromatic nitrogens is 2. The normalized spacial score (nSPS) is 10.3. The molecule has 1 rings (SSSR count). The van der Waals surface area contributed by atoms with E-state index in [1.54, 1.807) is 0 Å². The molecule has 13 heavy (non-hydrogen) atoms. The van der Waals surface area contributed by atoms with Gasteiger partial charge in [0.25, 0.3) is 5.56 Å². The summed E-state index contributed by atoms with van der Waals surface area (Å²) in [7, 11) is 0. The molecule has 0 fully saturated rings. The summed E-state index contributed by atoms with van der Waals surface area (Å²) in [6.45, 7) is 4.22. The van der Waals surface area contributed by atoms with Crippen LogP contribution in [-0.4, -0.2) is 14.7 Å². The third-order valence-corrected chi connectivity index (χ3v) is 2.26. The van der Waals surface area contributed by atoms with Crippen molar-refractivity contribution in [2.24, 2.45) is 0 Å². The Morgan fingerprint density at radius 1 is 1.54 bits per heavy atom. The molecule has 1 aromatic rings. The molecule has 1 aromatic heterocycles. The summed E-state index contributed by atoms with van der Waals surface area (Å²) < 4.78 is 1.76. The first-order valence-electron chi connectivity index (χ1n) is 4.16. The van der Waals surface area contributed by atoms with Gasteiger partial charge in [0.1, 0.15) is 0 Å². The molecule has 0 radical (unpaired) electrons. The van der Waals surface area contributed by atoms with E-state index in [4.69, 9.17) is 12.2 Å². The minimum Gasteiger partial charge on any atom is -0.494 e. The molecule has 0 aliphatic rings. The van der Waals surface area contributed by atoms with Crippen LogP contribution in [0.3, 0.4) is 0 Å². The highest BCUT2D eigenvalue weighted by atomic mass is 32.1. The fourth-order valence-corrected chi connectivity index (χ4v) is 1.52. The molecular formula is C8H12N2O2S. The molecule has 72 valence electrons. The van der Waals surface area contributed by atoms with Crippen molar-refractivity contribution < 1.29 is 5.11 Å². The summed E-state index contributed by atoms with van der Waals surface area (Å²) in [4.78, 5) is 13.8. The van der Waals surface area contributed by atoms with Gasteiger partial charge < -0.3 is 5.11 Å². The molecule has 0 bridgehead atoms. The van der Waals surface area contributed by atoms with Gasteiger partial charge in [-0.2, -0.15) is 0 Å². The Balaban J connectivity index is 3.58. The van der Waals surface area contributed by atoms with E-state index in [1.807, 2.05) is 13.8 Å². The lowest BCUT2D eigenvalue weighted by Gasteiger charge is -2.08. The molecule has 0 unspecified atom stereocenters. The molecular weight excluding hydrogens is 188 g/mol. The van der Waals surface area contributed by atoms with Crippen LogP contribution in [0, 0.1) is 4.77 Å². The number of hydrogen-bond donors (Lipinski definition) is 2. The van der Waals surface area contributed by atoms with E-state index in [2.05, 4.69) is 4.98 Å². The zero-order chi connectivity index (χ0) is 10.0. The minimum atomic E-state index is -0.297. The molecule has 0 aromatic carbocycles. The monoisotopic (exact) mass is 200 g/mol. The van der Waals surface area contributed by atoms with Gasteiger partial charge in [0, 0.05) is 6.54 Å². The van der Waals surface area contributed by atoms with Crippen molar-refractivity contribution in [3.05, 3.63) is 20.7 Å². The third-order valence-electron chi connectivity index (χ3n) is 1.94. The number of H-pyrrole nitrogens is 1. The van der Waals surface area contributed by atoms with E-state index >= 15 is 0 Å². The molecule has 0 saturated heterocycles. The van der Waals surface area contributed by atoms with Crippen molar-refractivity contribution >= 4 is 12.2 Å². The van der Waals surface area contributed by atoms with Crippen molar-refractivity contribution in [1.29, 1.82) is 0 Å². The smallest absolute Gasteiger partial charge is 0.258 e. The number of aromatic hydroxyl groups is 1. The van der Waals surface area contributed by atoms with E-state index < -0.39 is 0 Å². The second-order valence-corrected chi connectivity index (χ2v) is 3.05. The van der Waals surface area contributed by atoms with Crippen LogP contribution in [0.4, 0.5) is 0 Å². The Bertz CT molecular complexity index is 383. The number of nitrogens with zero attached hydrogens (tertiary/aromatic N) is 1. The number of hydrogen-bond acceptors (Lipinski definition) is 3. The molecule has 0 aliphatic carbocycles. The third kappa shape index (κ3) is 1.65. The van der Waals surface area contributed by atoms with E-state index in [0.29, 0.717) is 18.5 Å². The van der Waals surface area contributed by atoms with Crippen molar-refractivity contribution in [3.63, 3.8) is 0 Å². The maximum Gasteiger partial charge on any atom is 0.258 e. The standard InChI is InChI=1S/C8H12N2O2S/c1-3-5-6(11)9-8(13)10(4-2)7(5)12/h12H,3-4H2,1-2H3,(H,9,11,13). The van der Waals surface area contributed by atoms with Crippen LogP contribution < -0.4 is 5.56 Å². The zero-order valence-corrected chi connectivity index (χ0v) is 8.44. The fourth-order valence-electron chi connectivity index (χ4n) is 1.21. The Hall–Kier alpha value is -1.10. The van der Waals surface area contributed by atoms with Crippen molar-refractivity contribution in [1.82, 2.24) is 9.55 Å². The molecule has 0 spiro atoms. The van der Waals surface area contributed by atoms with Crippen molar-refractivity contribution in [2.45, 2.75) is 26.8 Å². The summed E-state index contributed by atoms with van der Waals surface area (Å²) in [5, 5.41) is 9.63. The van der Waals surface area contributed by atoms with Gasteiger partial charge in [-0.3, -0.25) is 14.3 Å². The first-order chi connectivity index (χ1) is 6.11. The maximum atomic E-state index is 11.3. The Morgan fingerprint density at radius 3 is 2.62 bits per heavy atom. The molecule has 2 N–H and O–H groups in total. The van der Waals surface area contributed by atoms with Gasteiger partial charge in [-0.1, -0.05) is 6.92 Å². The SMILES string of the molecule is CCc1c(O)n(CC)c(=S)[nH]c1=O.